The maximum Gasteiger partial charge on any atom is 0.0800 e. The minimum Gasteiger partial charge on any atom is -0.372 e. The van der Waals surface area contributed by atoms with Crippen LogP contribution < -0.4 is 10.6 Å². The normalized spacial score (nSPS) is 17.1. The van der Waals surface area contributed by atoms with Crippen LogP contribution in [0.25, 0.3) is 10.8 Å². The van der Waals surface area contributed by atoms with Crippen LogP contribution in [0, 0.1) is 11.8 Å². The van der Waals surface area contributed by atoms with Crippen LogP contribution in [-0.4, -0.2) is 10.4 Å². The van der Waals surface area contributed by atoms with Crippen molar-refractivity contribution in [1.82, 2.24) is 0 Å². The van der Waals surface area contributed by atoms with E-state index in [0.29, 0.717) is 11.3 Å². The fourth-order valence-electron chi connectivity index (χ4n) is 4.86. The van der Waals surface area contributed by atoms with Gasteiger partial charge in [-0.1, -0.05) is 103 Å². The van der Waals surface area contributed by atoms with E-state index in [1.807, 2.05) is 11.8 Å². The molecule has 0 saturated carbocycles. The summed E-state index contributed by atoms with van der Waals surface area (Å²) in [7, 11) is 0. The summed E-state index contributed by atoms with van der Waals surface area (Å²) in [6.45, 7) is 9.19. The highest BCUT2D eigenvalue weighted by molar-refractivity contribution is 8.00. The second-order valence-corrected chi connectivity index (χ2v) is 11.1. The average Bonchev–Trinajstić information content (AvgIpc) is 2.81. The van der Waals surface area contributed by atoms with E-state index in [4.69, 9.17) is 12.2 Å². The molecule has 3 unspecified atom stereocenters. The molecule has 2 nitrogen and oxygen atoms in total. The summed E-state index contributed by atoms with van der Waals surface area (Å²) in [6.07, 6.45) is 12.5. The maximum absolute atomic E-state index is 5.78. The number of rotatable bonds is 13. The lowest BCUT2D eigenvalue weighted by Gasteiger charge is -2.30. The summed E-state index contributed by atoms with van der Waals surface area (Å²) in [5.41, 5.74) is 2.42. The quantitative estimate of drug-likeness (QED) is 0.284. The van der Waals surface area contributed by atoms with Crippen molar-refractivity contribution in [2.75, 3.05) is 10.6 Å². The number of unbranched alkanes of at least 4 members (excludes halogenated alkanes) is 2. The summed E-state index contributed by atoms with van der Waals surface area (Å²) in [6, 6.07) is 11.2. The Kier molecular flexibility index (Phi) is 10.2. The molecule has 2 aromatic carbocycles. The Bertz CT molecular complexity index is 867. The third-order valence-corrected chi connectivity index (χ3v) is 8.43. The van der Waals surface area contributed by atoms with Crippen molar-refractivity contribution >= 4 is 51.1 Å². The lowest BCUT2D eigenvalue weighted by molar-refractivity contribution is 0.423. The number of thioether (sulfide) groups is 1. The number of benzene rings is 2. The van der Waals surface area contributed by atoms with Crippen molar-refractivity contribution in [2.45, 2.75) is 102 Å². The Labute approximate surface area is 205 Å². The van der Waals surface area contributed by atoms with E-state index >= 15 is 0 Å². The van der Waals surface area contributed by atoms with Crippen LogP contribution in [0.2, 0.25) is 0 Å². The molecule has 0 aromatic heterocycles. The molecule has 1 aliphatic heterocycles. The van der Waals surface area contributed by atoms with Gasteiger partial charge in [0.2, 0.25) is 0 Å². The standard InChI is InChI=1S/C28H42N2S2/c1-5-9-12-20(7-3)18-26(31)29-23-16-17-25-28-22(23)14-11-15-24(28)30-27(32-25)19-21(8-4)13-10-6-2/h11,14-17,20-21,27,30H,5-10,12-13,18-19H2,1-4H3,(H,29,31). The molecule has 0 saturated heterocycles. The van der Waals surface area contributed by atoms with E-state index in [-0.39, 0.29) is 0 Å². The molecule has 0 radical (unpaired) electrons. The summed E-state index contributed by atoms with van der Waals surface area (Å²) < 4.78 is 0. The number of thiocarbonyl (C=S) groups is 1. The van der Waals surface area contributed by atoms with E-state index in [0.717, 1.165) is 23.0 Å². The molecule has 4 heteroatoms. The molecule has 2 N–H and O–H groups in total. The third-order valence-electron chi connectivity index (χ3n) is 6.97. The Hall–Kier alpha value is -1.26. The minimum absolute atomic E-state index is 0.457. The second-order valence-electron chi connectivity index (χ2n) is 9.41. The molecular weight excluding hydrogens is 428 g/mol. The molecule has 0 amide bonds. The Balaban J connectivity index is 1.73. The third kappa shape index (κ3) is 6.63. The first-order chi connectivity index (χ1) is 15.6. The van der Waals surface area contributed by atoms with E-state index in [2.05, 4.69) is 68.7 Å². The lowest BCUT2D eigenvalue weighted by Crippen LogP contribution is -2.22. The molecule has 3 rings (SSSR count). The van der Waals surface area contributed by atoms with Gasteiger partial charge >= 0.3 is 0 Å². The van der Waals surface area contributed by atoms with Gasteiger partial charge in [0.05, 0.1) is 10.4 Å². The average molecular weight is 471 g/mol. The highest BCUT2D eigenvalue weighted by Crippen LogP contribution is 2.45. The maximum atomic E-state index is 5.78. The molecule has 3 atom stereocenters. The van der Waals surface area contributed by atoms with E-state index < -0.39 is 0 Å². The highest BCUT2D eigenvalue weighted by atomic mass is 32.2. The van der Waals surface area contributed by atoms with Gasteiger partial charge in [0.25, 0.3) is 0 Å². The first-order valence-corrected chi connectivity index (χ1v) is 14.2. The summed E-state index contributed by atoms with van der Waals surface area (Å²) in [4.78, 5) is 2.38. The summed E-state index contributed by atoms with van der Waals surface area (Å²) >= 11 is 7.79. The van der Waals surface area contributed by atoms with Crippen molar-refractivity contribution in [2.24, 2.45) is 11.8 Å². The number of anilines is 2. The zero-order valence-corrected chi connectivity index (χ0v) is 22.1. The Morgan fingerprint density at radius 1 is 1.00 bits per heavy atom. The fraction of sp³-hybridized carbons (Fsp3) is 0.607. The molecule has 1 aliphatic rings. The smallest absolute Gasteiger partial charge is 0.0800 e. The van der Waals surface area contributed by atoms with Crippen molar-refractivity contribution < 1.29 is 0 Å². The predicted molar refractivity (Wildman–Crippen MR) is 149 cm³/mol. The second kappa shape index (κ2) is 12.8. The zero-order chi connectivity index (χ0) is 22.9. The number of nitrogens with one attached hydrogen (secondary N) is 2. The molecule has 0 spiro atoms. The monoisotopic (exact) mass is 470 g/mol. The summed E-state index contributed by atoms with van der Waals surface area (Å²) in [5.74, 6) is 1.49. The van der Waals surface area contributed by atoms with Gasteiger partial charge in [-0.15, -0.1) is 11.8 Å². The first kappa shape index (κ1) is 25.4. The van der Waals surface area contributed by atoms with Crippen molar-refractivity contribution in [3.8, 4) is 0 Å². The largest absolute Gasteiger partial charge is 0.372 e. The van der Waals surface area contributed by atoms with Gasteiger partial charge in [0.15, 0.2) is 0 Å². The highest BCUT2D eigenvalue weighted by Gasteiger charge is 2.24. The Morgan fingerprint density at radius 2 is 1.72 bits per heavy atom. The van der Waals surface area contributed by atoms with Crippen LogP contribution in [0.3, 0.4) is 0 Å². The van der Waals surface area contributed by atoms with Gasteiger partial charge in [-0.05, 0) is 36.5 Å². The van der Waals surface area contributed by atoms with Gasteiger partial charge in [-0.25, -0.2) is 0 Å². The summed E-state index contributed by atoms with van der Waals surface area (Å²) in [5, 5.41) is 10.5. The van der Waals surface area contributed by atoms with E-state index in [1.54, 1.807) is 0 Å². The lowest BCUT2D eigenvalue weighted by atomic mass is 9.95. The topological polar surface area (TPSA) is 24.1 Å². The van der Waals surface area contributed by atoms with Crippen LogP contribution in [0.5, 0.6) is 0 Å². The predicted octanol–water partition coefficient (Wildman–Crippen LogP) is 9.64. The number of hydrogen-bond acceptors (Lipinski definition) is 3. The van der Waals surface area contributed by atoms with Gasteiger partial charge in [-0.3, -0.25) is 0 Å². The van der Waals surface area contributed by atoms with Gasteiger partial charge in [-0.2, -0.15) is 0 Å². The molecule has 1 heterocycles. The van der Waals surface area contributed by atoms with E-state index in [1.165, 1.54) is 79.1 Å². The van der Waals surface area contributed by atoms with Crippen LogP contribution in [0.4, 0.5) is 11.4 Å². The fourth-order valence-corrected chi connectivity index (χ4v) is 6.55. The molecule has 32 heavy (non-hydrogen) atoms. The molecule has 0 bridgehead atoms. The van der Waals surface area contributed by atoms with Crippen LogP contribution in [-0.2, 0) is 0 Å². The molecule has 0 aliphatic carbocycles. The molecular formula is C28H42N2S2. The van der Waals surface area contributed by atoms with Crippen LogP contribution in [0.15, 0.2) is 35.2 Å². The van der Waals surface area contributed by atoms with Crippen molar-refractivity contribution in [3.63, 3.8) is 0 Å². The van der Waals surface area contributed by atoms with Gasteiger partial charge in [0, 0.05) is 33.5 Å². The van der Waals surface area contributed by atoms with Gasteiger partial charge < -0.3 is 10.6 Å². The molecule has 0 fully saturated rings. The van der Waals surface area contributed by atoms with Crippen LogP contribution in [0.1, 0.15) is 91.9 Å². The van der Waals surface area contributed by atoms with Gasteiger partial charge in [0.1, 0.15) is 0 Å². The SMILES string of the molecule is CCCCC(CC)CC(=S)Nc1ccc2c3c(cccc13)NC(CC(CC)CCCC)S2. The van der Waals surface area contributed by atoms with Crippen LogP contribution >= 0.6 is 24.0 Å². The Morgan fingerprint density at radius 3 is 2.41 bits per heavy atom. The van der Waals surface area contributed by atoms with E-state index in [9.17, 15) is 0 Å². The van der Waals surface area contributed by atoms with Crippen molar-refractivity contribution in [1.29, 1.82) is 0 Å². The zero-order valence-electron chi connectivity index (χ0n) is 20.5. The molecule has 176 valence electrons. The molecule has 2 aromatic rings. The van der Waals surface area contributed by atoms with Crippen molar-refractivity contribution in [3.05, 3.63) is 30.3 Å². The number of hydrogen-bond donors (Lipinski definition) is 2. The minimum atomic E-state index is 0.457. The first-order valence-electron chi connectivity index (χ1n) is 12.9.